The van der Waals surface area contributed by atoms with Crippen molar-refractivity contribution in [3.63, 3.8) is 0 Å². The van der Waals surface area contributed by atoms with Crippen LogP contribution in [0.15, 0.2) is 33.2 Å². The van der Waals surface area contributed by atoms with Crippen LogP contribution >= 0.6 is 31.9 Å². The number of benzene rings is 1. The predicted octanol–water partition coefficient (Wildman–Crippen LogP) is 3.62. The van der Waals surface area contributed by atoms with Crippen LogP contribution in [0.2, 0.25) is 0 Å². The third kappa shape index (κ3) is 4.06. The van der Waals surface area contributed by atoms with Crippen molar-refractivity contribution < 1.29 is 20.1 Å². The van der Waals surface area contributed by atoms with E-state index in [1.165, 1.54) is 6.08 Å². The van der Waals surface area contributed by atoms with Crippen molar-refractivity contribution in [2.45, 2.75) is 20.0 Å². The number of aliphatic hydroxyl groups excluding tert-OH is 1. The van der Waals surface area contributed by atoms with Gasteiger partial charge < -0.3 is 15.3 Å². The molecule has 0 aliphatic carbocycles. The summed E-state index contributed by atoms with van der Waals surface area (Å²) >= 11 is 6.47. The number of carboxylic acid groups (broad SMARTS) is 1. The van der Waals surface area contributed by atoms with E-state index in [1.807, 2.05) is 0 Å². The number of phenolic OH excluding ortho intramolecular Hbond substituents is 1. The number of carboxylic acids is 1. The zero-order valence-electron chi connectivity index (χ0n) is 10.4. The van der Waals surface area contributed by atoms with Crippen molar-refractivity contribution in [1.82, 2.24) is 0 Å². The van der Waals surface area contributed by atoms with Crippen LogP contribution in [0.25, 0.3) is 0 Å². The van der Waals surface area contributed by atoms with Gasteiger partial charge in [0.05, 0.1) is 10.6 Å². The first kappa shape index (κ1) is 16.2. The minimum absolute atomic E-state index is 0.0625. The van der Waals surface area contributed by atoms with Gasteiger partial charge in [-0.25, -0.2) is 4.79 Å². The first-order chi connectivity index (χ1) is 8.65. The molecule has 1 aromatic rings. The van der Waals surface area contributed by atoms with Crippen molar-refractivity contribution in [3.05, 3.63) is 38.8 Å². The van der Waals surface area contributed by atoms with Crippen molar-refractivity contribution in [3.8, 4) is 5.75 Å². The first-order valence-corrected chi connectivity index (χ1v) is 7.02. The number of carbonyl (C=O) groups is 1. The van der Waals surface area contributed by atoms with E-state index in [1.54, 1.807) is 26.0 Å². The highest BCUT2D eigenvalue weighted by Crippen LogP contribution is 2.42. The zero-order chi connectivity index (χ0) is 14.8. The molecule has 0 unspecified atom stereocenters. The maximum atomic E-state index is 10.5. The Morgan fingerprint density at radius 2 is 1.95 bits per heavy atom. The number of phenols is 1. The van der Waals surface area contributed by atoms with Crippen LogP contribution < -0.4 is 0 Å². The second kappa shape index (κ2) is 6.07. The molecule has 0 heterocycles. The van der Waals surface area contributed by atoms with E-state index in [2.05, 4.69) is 31.9 Å². The quantitative estimate of drug-likeness (QED) is 0.682. The highest BCUT2D eigenvalue weighted by atomic mass is 79.9. The molecule has 0 spiro atoms. The maximum absolute atomic E-state index is 10.5. The second-order valence-electron chi connectivity index (χ2n) is 4.72. The molecular weight excluding hydrogens is 380 g/mol. The van der Waals surface area contributed by atoms with Crippen molar-refractivity contribution in [2.24, 2.45) is 5.41 Å². The summed E-state index contributed by atoms with van der Waals surface area (Å²) in [6, 6.07) is 3.26. The van der Waals surface area contributed by atoms with Crippen LogP contribution in [0, 0.1) is 5.41 Å². The van der Waals surface area contributed by atoms with Crippen molar-refractivity contribution in [1.29, 1.82) is 0 Å². The van der Waals surface area contributed by atoms with Gasteiger partial charge in [0, 0.05) is 21.5 Å². The van der Waals surface area contributed by atoms with Crippen molar-refractivity contribution >= 4 is 37.8 Å². The summed E-state index contributed by atoms with van der Waals surface area (Å²) in [5.74, 6) is -1.15. The number of rotatable bonds is 4. The molecule has 4 nitrogen and oxygen atoms in total. The number of hydrogen-bond acceptors (Lipinski definition) is 3. The summed E-state index contributed by atoms with van der Waals surface area (Å²) in [6.07, 6.45) is 1.33. The van der Waals surface area contributed by atoms with E-state index >= 15 is 0 Å². The average molecular weight is 394 g/mol. The van der Waals surface area contributed by atoms with Gasteiger partial charge in [-0.1, -0.05) is 35.9 Å². The molecular formula is C13H14Br2O4. The Morgan fingerprint density at radius 1 is 1.37 bits per heavy atom. The van der Waals surface area contributed by atoms with E-state index < -0.39 is 17.5 Å². The first-order valence-electron chi connectivity index (χ1n) is 5.43. The summed E-state index contributed by atoms with van der Waals surface area (Å²) in [7, 11) is 0. The third-order valence-electron chi connectivity index (χ3n) is 2.71. The molecule has 0 aliphatic heterocycles. The fourth-order valence-corrected chi connectivity index (χ4v) is 2.83. The molecule has 0 bridgehead atoms. The molecule has 1 atom stereocenters. The van der Waals surface area contributed by atoms with Gasteiger partial charge in [-0.2, -0.15) is 0 Å². The van der Waals surface area contributed by atoms with E-state index in [9.17, 15) is 15.0 Å². The van der Waals surface area contributed by atoms with Gasteiger partial charge in [0.25, 0.3) is 0 Å². The van der Waals surface area contributed by atoms with Crippen LogP contribution in [0.1, 0.15) is 25.5 Å². The Labute approximate surface area is 128 Å². The molecule has 0 aliphatic rings. The van der Waals surface area contributed by atoms with Crippen LogP contribution in [0.3, 0.4) is 0 Å². The lowest BCUT2D eigenvalue weighted by molar-refractivity contribution is -0.131. The molecule has 1 rings (SSSR count). The normalized spacial score (nSPS) is 13.7. The minimum Gasteiger partial charge on any atom is -0.506 e. The zero-order valence-corrected chi connectivity index (χ0v) is 13.6. The van der Waals surface area contributed by atoms with Gasteiger partial charge in [-0.3, -0.25) is 0 Å². The highest BCUT2D eigenvalue weighted by Gasteiger charge is 2.29. The van der Waals surface area contributed by atoms with E-state index in [4.69, 9.17) is 5.11 Å². The van der Waals surface area contributed by atoms with Gasteiger partial charge in [0.15, 0.2) is 0 Å². The number of aromatic hydroxyl groups is 1. The molecule has 0 saturated heterocycles. The summed E-state index contributed by atoms with van der Waals surface area (Å²) in [5.41, 5.74) is -0.517. The lowest BCUT2D eigenvalue weighted by Gasteiger charge is -2.28. The van der Waals surface area contributed by atoms with Gasteiger partial charge in [-0.15, -0.1) is 0 Å². The number of halogens is 2. The monoisotopic (exact) mass is 392 g/mol. The third-order valence-corrected chi connectivity index (χ3v) is 3.77. The molecule has 1 aromatic carbocycles. The Morgan fingerprint density at radius 3 is 2.47 bits per heavy atom. The van der Waals surface area contributed by atoms with Gasteiger partial charge in [0.1, 0.15) is 5.75 Å². The Balaban J connectivity index is 3.19. The summed E-state index contributed by atoms with van der Waals surface area (Å²) in [5, 5.41) is 28.9. The highest BCUT2D eigenvalue weighted by molar-refractivity contribution is 9.11. The SMILES string of the molecule is CC(C)(/C=C/C(=O)O)[C@H](O)c1cc(Br)cc(Br)c1O. The molecule has 0 amide bonds. The lowest BCUT2D eigenvalue weighted by Crippen LogP contribution is -2.20. The molecule has 3 N–H and O–H groups in total. The maximum Gasteiger partial charge on any atom is 0.327 e. The molecule has 0 radical (unpaired) electrons. The summed E-state index contributed by atoms with van der Waals surface area (Å²) in [4.78, 5) is 10.5. The fraction of sp³-hybridized carbons (Fsp3) is 0.308. The number of hydrogen-bond donors (Lipinski definition) is 3. The predicted molar refractivity (Wildman–Crippen MR) is 79.0 cm³/mol. The topological polar surface area (TPSA) is 77.8 Å². The van der Waals surface area contributed by atoms with E-state index in [0.717, 1.165) is 6.08 Å². The average Bonchev–Trinajstić information content (AvgIpc) is 2.30. The molecule has 6 heteroatoms. The van der Waals surface area contributed by atoms with Gasteiger partial charge in [-0.05, 0) is 28.1 Å². The van der Waals surface area contributed by atoms with Gasteiger partial charge in [0.2, 0.25) is 0 Å². The fourth-order valence-electron chi connectivity index (χ4n) is 1.57. The number of aliphatic hydroxyl groups is 1. The molecule has 104 valence electrons. The van der Waals surface area contributed by atoms with Crippen molar-refractivity contribution in [2.75, 3.05) is 0 Å². The standard InChI is InChI=1S/C13H14Br2O4/c1-13(2,4-3-10(16)17)12(19)8-5-7(14)6-9(15)11(8)18/h3-6,12,18-19H,1-2H3,(H,16,17)/b4-3+/t12-/m1/s1. The molecule has 0 fully saturated rings. The minimum atomic E-state index is -1.08. The van der Waals surface area contributed by atoms with E-state index in [-0.39, 0.29) is 5.75 Å². The Hall–Kier alpha value is -0.850. The van der Waals surface area contributed by atoms with Crippen LogP contribution in [-0.2, 0) is 4.79 Å². The summed E-state index contributed by atoms with van der Waals surface area (Å²) < 4.78 is 1.15. The van der Waals surface area contributed by atoms with Crippen LogP contribution in [0.5, 0.6) is 5.75 Å². The van der Waals surface area contributed by atoms with Crippen LogP contribution in [0.4, 0.5) is 0 Å². The lowest BCUT2D eigenvalue weighted by atomic mass is 9.82. The summed E-state index contributed by atoms with van der Waals surface area (Å²) in [6.45, 7) is 3.37. The Bertz CT molecular complexity index is 524. The van der Waals surface area contributed by atoms with Gasteiger partial charge >= 0.3 is 5.97 Å². The van der Waals surface area contributed by atoms with Crippen LogP contribution in [-0.4, -0.2) is 21.3 Å². The second-order valence-corrected chi connectivity index (χ2v) is 6.49. The molecule has 0 saturated carbocycles. The van der Waals surface area contributed by atoms with E-state index in [0.29, 0.717) is 14.5 Å². The molecule has 0 aromatic heterocycles. The largest absolute Gasteiger partial charge is 0.506 e. The Kier molecular flexibility index (Phi) is 5.18. The molecule has 19 heavy (non-hydrogen) atoms. The smallest absolute Gasteiger partial charge is 0.327 e. The number of aliphatic carboxylic acids is 1.